The van der Waals surface area contributed by atoms with Crippen LogP contribution in [0.2, 0.25) is 0 Å². The third kappa shape index (κ3) is 6.31. The Morgan fingerprint density at radius 3 is 2.27 bits per heavy atom. The second kappa shape index (κ2) is 11.3. The smallest absolute Gasteiger partial charge is 0.237 e. The van der Waals surface area contributed by atoms with Gasteiger partial charge in [-0.1, -0.05) is 62.4 Å². The van der Waals surface area contributed by atoms with Crippen molar-refractivity contribution < 1.29 is 4.79 Å². The second-order valence-electron chi connectivity index (χ2n) is 9.91. The lowest BCUT2D eigenvalue weighted by Gasteiger charge is -2.36. The maximum atomic E-state index is 13.0. The zero-order valence-electron chi connectivity index (χ0n) is 18.7. The summed E-state index contributed by atoms with van der Waals surface area (Å²) in [6, 6.07) is 11.0. The molecule has 4 heteroatoms. The fourth-order valence-corrected chi connectivity index (χ4v) is 5.78. The zero-order valence-corrected chi connectivity index (χ0v) is 18.7. The Kier molecular flexibility index (Phi) is 8.22. The summed E-state index contributed by atoms with van der Waals surface area (Å²) in [5, 5.41) is 3.41. The van der Waals surface area contributed by atoms with Crippen LogP contribution in [-0.2, 0) is 11.3 Å². The van der Waals surface area contributed by atoms with E-state index in [0.717, 1.165) is 57.8 Å². The van der Waals surface area contributed by atoms with Crippen LogP contribution in [0.1, 0.15) is 76.2 Å². The van der Waals surface area contributed by atoms with Gasteiger partial charge in [-0.25, -0.2) is 0 Å². The summed E-state index contributed by atoms with van der Waals surface area (Å²) in [5.74, 6) is 1.17. The molecule has 2 saturated heterocycles. The monoisotopic (exact) mass is 411 g/mol. The molecular weight excluding hydrogens is 370 g/mol. The normalized spacial score (nSPS) is 25.7. The summed E-state index contributed by atoms with van der Waals surface area (Å²) in [6.07, 6.45) is 14.4. The van der Waals surface area contributed by atoms with Crippen LogP contribution in [0, 0.1) is 5.92 Å². The average Bonchev–Trinajstić information content (AvgIpc) is 3.20. The number of hydrogen-bond donors (Lipinski definition) is 1. The van der Waals surface area contributed by atoms with Crippen LogP contribution in [0.3, 0.4) is 0 Å². The van der Waals surface area contributed by atoms with E-state index in [9.17, 15) is 4.79 Å². The van der Waals surface area contributed by atoms with Crippen molar-refractivity contribution in [1.29, 1.82) is 0 Å². The van der Waals surface area contributed by atoms with E-state index >= 15 is 0 Å². The predicted molar refractivity (Wildman–Crippen MR) is 123 cm³/mol. The molecule has 3 aliphatic rings. The van der Waals surface area contributed by atoms with Crippen molar-refractivity contribution in [3.63, 3.8) is 0 Å². The number of amides is 1. The van der Waals surface area contributed by atoms with Gasteiger partial charge in [0.25, 0.3) is 0 Å². The molecule has 0 bridgehead atoms. The van der Waals surface area contributed by atoms with Gasteiger partial charge in [0.1, 0.15) is 0 Å². The molecule has 1 atom stereocenters. The van der Waals surface area contributed by atoms with E-state index in [1.165, 1.54) is 57.1 Å². The van der Waals surface area contributed by atoms with Crippen molar-refractivity contribution in [2.45, 2.75) is 89.3 Å². The van der Waals surface area contributed by atoms with E-state index in [-0.39, 0.29) is 11.9 Å². The van der Waals surface area contributed by atoms with Gasteiger partial charge in [-0.05, 0) is 56.6 Å². The third-order valence-electron chi connectivity index (χ3n) is 7.57. The highest BCUT2D eigenvalue weighted by Gasteiger charge is 2.32. The molecule has 1 amide bonds. The van der Waals surface area contributed by atoms with Gasteiger partial charge >= 0.3 is 0 Å². The van der Waals surface area contributed by atoms with Gasteiger partial charge in [0.2, 0.25) is 5.91 Å². The number of hydrogen-bond acceptors (Lipinski definition) is 3. The van der Waals surface area contributed by atoms with Crippen LogP contribution in [0.15, 0.2) is 30.3 Å². The van der Waals surface area contributed by atoms with Crippen molar-refractivity contribution >= 4 is 5.91 Å². The molecule has 0 radical (unpaired) electrons. The molecule has 166 valence electrons. The summed E-state index contributed by atoms with van der Waals surface area (Å²) >= 11 is 0. The SMILES string of the molecule is O=C(NC1CCN(CC2CCCCCCC2)CC1)[C@H]1CCCN1Cc1ccccc1. The summed E-state index contributed by atoms with van der Waals surface area (Å²) in [5.41, 5.74) is 1.31. The molecule has 0 aromatic heterocycles. The average molecular weight is 412 g/mol. The van der Waals surface area contributed by atoms with Gasteiger partial charge in [0, 0.05) is 32.2 Å². The molecule has 1 aromatic rings. The van der Waals surface area contributed by atoms with Gasteiger partial charge in [-0.15, -0.1) is 0 Å². The highest BCUT2D eigenvalue weighted by atomic mass is 16.2. The highest BCUT2D eigenvalue weighted by molar-refractivity contribution is 5.82. The van der Waals surface area contributed by atoms with Crippen LogP contribution < -0.4 is 5.32 Å². The summed E-state index contributed by atoms with van der Waals surface area (Å²) in [7, 11) is 0. The lowest BCUT2D eigenvalue weighted by atomic mass is 9.90. The predicted octanol–water partition coefficient (Wildman–Crippen LogP) is 4.59. The molecule has 1 saturated carbocycles. The van der Waals surface area contributed by atoms with Gasteiger partial charge in [0.15, 0.2) is 0 Å². The van der Waals surface area contributed by atoms with Crippen molar-refractivity contribution in [3.8, 4) is 0 Å². The van der Waals surface area contributed by atoms with Crippen molar-refractivity contribution in [2.24, 2.45) is 5.92 Å². The Hall–Kier alpha value is -1.39. The maximum absolute atomic E-state index is 13.0. The fraction of sp³-hybridized carbons (Fsp3) is 0.731. The zero-order chi connectivity index (χ0) is 20.6. The Balaban J connectivity index is 1.20. The Morgan fingerprint density at radius 1 is 0.833 bits per heavy atom. The quantitative estimate of drug-likeness (QED) is 0.743. The van der Waals surface area contributed by atoms with E-state index in [1.807, 2.05) is 0 Å². The maximum Gasteiger partial charge on any atom is 0.237 e. The molecule has 4 rings (SSSR count). The number of likely N-dealkylation sites (tertiary alicyclic amines) is 2. The molecule has 4 nitrogen and oxygen atoms in total. The Labute approximate surface area is 183 Å². The minimum Gasteiger partial charge on any atom is -0.352 e. The molecule has 3 fully saturated rings. The van der Waals surface area contributed by atoms with Gasteiger partial charge in [0.05, 0.1) is 6.04 Å². The second-order valence-corrected chi connectivity index (χ2v) is 9.91. The number of carbonyl (C=O) groups is 1. The first kappa shape index (κ1) is 21.8. The molecule has 2 aliphatic heterocycles. The fourth-order valence-electron chi connectivity index (χ4n) is 5.78. The molecule has 1 aromatic carbocycles. The molecule has 1 N–H and O–H groups in total. The lowest BCUT2D eigenvalue weighted by Crippen LogP contribution is -2.50. The molecule has 0 unspecified atom stereocenters. The van der Waals surface area contributed by atoms with Gasteiger partial charge < -0.3 is 10.2 Å². The molecular formula is C26H41N3O. The van der Waals surface area contributed by atoms with Crippen molar-refractivity contribution in [3.05, 3.63) is 35.9 Å². The van der Waals surface area contributed by atoms with Crippen molar-refractivity contribution in [2.75, 3.05) is 26.2 Å². The number of rotatable bonds is 6. The van der Waals surface area contributed by atoms with Crippen LogP contribution in [-0.4, -0.2) is 54.0 Å². The summed E-state index contributed by atoms with van der Waals surface area (Å²) in [6.45, 7) is 5.51. The number of carbonyl (C=O) groups excluding carboxylic acids is 1. The van der Waals surface area contributed by atoms with E-state index in [0.29, 0.717) is 6.04 Å². The third-order valence-corrected chi connectivity index (χ3v) is 7.57. The molecule has 30 heavy (non-hydrogen) atoms. The lowest BCUT2D eigenvalue weighted by molar-refractivity contribution is -0.126. The largest absolute Gasteiger partial charge is 0.352 e. The van der Waals surface area contributed by atoms with Gasteiger partial charge in [-0.2, -0.15) is 0 Å². The van der Waals surface area contributed by atoms with E-state index < -0.39 is 0 Å². The molecule has 2 heterocycles. The Morgan fingerprint density at radius 2 is 1.53 bits per heavy atom. The van der Waals surface area contributed by atoms with Crippen LogP contribution in [0.25, 0.3) is 0 Å². The minimum absolute atomic E-state index is 0.0539. The first-order valence-electron chi connectivity index (χ1n) is 12.6. The number of nitrogens with one attached hydrogen (secondary N) is 1. The summed E-state index contributed by atoms with van der Waals surface area (Å²) in [4.78, 5) is 18.1. The topological polar surface area (TPSA) is 35.6 Å². The van der Waals surface area contributed by atoms with Crippen LogP contribution >= 0.6 is 0 Å². The van der Waals surface area contributed by atoms with Gasteiger partial charge in [-0.3, -0.25) is 9.69 Å². The minimum atomic E-state index is 0.0539. The standard InChI is InChI=1S/C26H41N3O/c30-26(25-14-9-17-29(25)21-23-12-7-4-8-13-23)27-24-15-18-28(19-16-24)20-22-10-5-2-1-3-6-11-22/h4,7-8,12-13,22,24-25H,1-3,5-6,9-11,14-21H2,(H,27,30)/t25-/m1/s1. The molecule has 0 spiro atoms. The van der Waals surface area contributed by atoms with E-state index in [2.05, 4.69) is 45.4 Å². The highest BCUT2D eigenvalue weighted by Crippen LogP contribution is 2.25. The van der Waals surface area contributed by atoms with E-state index in [1.54, 1.807) is 0 Å². The van der Waals surface area contributed by atoms with Crippen LogP contribution in [0.5, 0.6) is 0 Å². The first-order valence-corrected chi connectivity index (χ1v) is 12.6. The number of nitrogens with zero attached hydrogens (tertiary/aromatic N) is 2. The number of benzene rings is 1. The molecule has 1 aliphatic carbocycles. The summed E-state index contributed by atoms with van der Waals surface area (Å²) < 4.78 is 0. The van der Waals surface area contributed by atoms with E-state index in [4.69, 9.17) is 0 Å². The Bertz CT molecular complexity index is 633. The van der Waals surface area contributed by atoms with Crippen molar-refractivity contribution in [1.82, 2.24) is 15.1 Å². The van der Waals surface area contributed by atoms with Crippen LogP contribution in [0.4, 0.5) is 0 Å². The first-order chi connectivity index (χ1) is 14.8. The number of piperidine rings is 1.